The molecule has 1 aromatic carbocycles. The number of likely N-dealkylation sites (tertiary alicyclic amines) is 1. The van der Waals surface area contributed by atoms with Gasteiger partial charge in [0.15, 0.2) is 0 Å². The highest BCUT2D eigenvalue weighted by atomic mass is 16.5. The van der Waals surface area contributed by atoms with Gasteiger partial charge in [0, 0.05) is 19.2 Å². The van der Waals surface area contributed by atoms with Gasteiger partial charge in [0.1, 0.15) is 11.5 Å². The number of methoxy groups -OCH3 is 1. The van der Waals surface area contributed by atoms with Crippen molar-refractivity contribution in [3.63, 3.8) is 0 Å². The molecule has 6 heteroatoms. The Labute approximate surface area is 160 Å². The third-order valence-electron chi connectivity index (χ3n) is 5.91. The highest BCUT2D eigenvalue weighted by Crippen LogP contribution is 2.59. The van der Waals surface area contributed by atoms with Gasteiger partial charge in [0.2, 0.25) is 0 Å². The number of amides is 1. The number of benzene rings is 1. The number of piperidine rings is 1. The lowest BCUT2D eigenvalue weighted by Gasteiger charge is -2.33. The number of ether oxygens (including phenoxy) is 2. The van der Waals surface area contributed by atoms with E-state index in [0.29, 0.717) is 42.7 Å². The topological polar surface area (TPSA) is 76.1 Å². The highest BCUT2D eigenvalue weighted by molar-refractivity contribution is 5.97. The fraction of sp³-hybridized carbons (Fsp3) is 0.619. The molecule has 1 aromatic rings. The summed E-state index contributed by atoms with van der Waals surface area (Å²) in [7, 11) is 1.59. The second-order valence-corrected chi connectivity index (χ2v) is 8.14. The molecular weight excluding hydrogens is 346 g/mol. The van der Waals surface area contributed by atoms with Crippen molar-refractivity contribution in [3.8, 4) is 11.5 Å². The van der Waals surface area contributed by atoms with Crippen molar-refractivity contribution in [1.82, 2.24) is 4.90 Å². The van der Waals surface area contributed by atoms with Crippen LogP contribution in [0.3, 0.4) is 0 Å². The van der Waals surface area contributed by atoms with E-state index in [0.717, 1.165) is 25.7 Å². The van der Waals surface area contributed by atoms with E-state index in [1.54, 1.807) is 25.3 Å². The number of aliphatic carboxylic acids is 1. The molecule has 27 heavy (non-hydrogen) atoms. The van der Waals surface area contributed by atoms with Gasteiger partial charge in [-0.1, -0.05) is 13.8 Å². The minimum atomic E-state index is -0.703. The summed E-state index contributed by atoms with van der Waals surface area (Å²) in [6.07, 6.45) is 3.18. The number of carbonyl (C=O) groups excluding carboxylic acids is 1. The summed E-state index contributed by atoms with van der Waals surface area (Å²) < 4.78 is 11.2. The molecule has 1 N–H and O–H groups in total. The van der Waals surface area contributed by atoms with Crippen molar-refractivity contribution < 1.29 is 24.2 Å². The van der Waals surface area contributed by atoms with Crippen LogP contribution < -0.4 is 9.47 Å². The summed E-state index contributed by atoms with van der Waals surface area (Å²) in [6.45, 7) is 6.01. The molecule has 1 amide bonds. The van der Waals surface area contributed by atoms with Gasteiger partial charge in [-0.3, -0.25) is 9.59 Å². The third kappa shape index (κ3) is 4.20. The van der Waals surface area contributed by atoms with Gasteiger partial charge in [-0.25, -0.2) is 0 Å². The van der Waals surface area contributed by atoms with Crippen LogP contribution in [0.2, 0.25) is 0 Å². The monoisotopic (exact) mass is 375 g/mol. The van der Waals surface area contributed by atoms with E-state index in [1.165, 1.54) is 0 Å². The first-order valence-electron chi connectivity index (χ1n) is 9.69. The molecule has 0 aromatic heterocycles. The largest absolute Gasteiger partial charge is 0.497 e. The second kappa shape index (κ2) is 7.79. The van der Waals surface area contributed by atoms with Gasteiger partial charge >= 0.3 is 5.97 Å². The van der Waals surface area contributed by atoms with E-state index in [-0.39, 0.29) is 17.2 Å². The maximum absolute atomic E-state index is 13.1. The van der Waals surface area contributed by atoms with Crippen LogP contribution in [-0.4, -0.2) is 48.7 Å². The quantitative estimate of drug-likeness (QED) is 0.790. The number of carboxylic acids is 1. The van der Waals surface area contributed by atoms with Gasteiger partial charge in [-0.05, 0) is 49.1 Å². The molecule has 1 aliphatic carbocycles. The minimum Gasteiger partial charge on any atom is -0.497 e. The predicted octanol–water partition coefficient (Wildman–Crippen LogP) is 3.45. The molecule has 3 rings (SSSR count). The normalized spacial score (nSPS) is 20.6. The number of hydrogen-bond donors (Lipinski definition) is 1. The molecule has 1 saturated carbocycles. The van der Waals surface area contributed by atoms with Crippen LogP contribution >= 0.6 is 0 Å². The predicted molar refractivity (Wildman–Crippen MR) is 101 cm³/mol. The Kier molecular flexibility index (Phi) is 5.63. The van der Waals surface area contributed by atoms with Crippen LogP contribution in [0, 0.1) is 17.3 Å². The molecule has 148 valence electrons. The van der Waals surface area contributed by atoms with Crippen molar-refractivity contribution in [2.45, 2.75) is 39.5 Å². The number of carbonyl (C=O) groups is 2. The van der Waals surface area contributed by atoms with Gasteiger partial charge in [-0.2, -0.15) is 0 Å². The number of carboxylic acid groups (broad SMARTS) is 1. The van der Waals surface area contributed by atoms with Crippen molar-refractivity contribution in [3.05, 3.63) is 23.8 Å². The zero-order chi connectivity index (χ0) is 19.6. The Hall–Kier alpha value is -2.24. The Balaban J connectivity index is 1.68. The van der Waals surface area contributed by atoms with E-state index in [4.69, 9.17) is 9.47 Å². The average Bonchev–Trinajstić information content (AvgIpc) is 3.35. The molecule has 1 saturated heterocycles. The molecule has 1 aliphatic heterocycles. The first kappa shape index (κ1) is 19.5. The van der Waals surface area contributed by atoms with Crippen LogP contribution in [0.5, 0.6) is 11.5 Å². The van der Waals surface area contributed by atoms with Crippen molar-refractivity contribution in [2.24, 2.45) is 17.3 Å². The lowest BCUT2D eigenvalue weighted by atomic mass is 9.90. The molecule has 2 aliphatic rings. The maximum atomic E-state index is 13.1. The fourth-order valence-electron chi connectivity index (χ4n) is 3.91. The van der Waals surface area contributed by atoms with Gasteiger partial charge in [-0.15, -0.1) is 0 Å². The highest BCUT2D eigenvalue weighted by Gasteiger charge is 2.59. The standard InChI is InChI=1S/C21H29NO5/c1-14(2)6-11-27-18-12-15(26-3)4-5-16(18)19(23)22-9-7-21(8-10-22)13-17(21)20(24)25/h4-5,12,14,17H,6-11,13H2,1-3H3,(H,24,25). The van der Waals surface area contributed by atoms with Crippen molar-refractivity contribution >= 4 is 11.9 Å². The van der Waals surface area contributed by atoms with Gasteiger partial charge < -0.3 is 19.5 Å². The first-order chi connectivity index (χ1) is 12.9. The van der Waals surface area contributed by atoms with Crippen molar-refractivity contribution in [1.29, 1.82) is 0 Å². The smallest absolute Gasteiger partial charge is 0.307 e. The molecule has 2 fully saturated rings. The molecule has 1 unspecified atom stereocenters. The summed E-state index contributed by atoms with van der Waals surface area (Å²) in [6, 6.07) is 5.29. The first-order valence-corrected chi connectivity index (χ1v) is 9.69. The van der Waals surface area contributed by atoms with E-state index in [9.17, 15) is 14.7 Å². The minimum absolute atomic E-state index is 0.0559. The number of nitrogens with zero attached hydrogens (tertiary/aromatic N) is 1. The maximum Gasteiger partial charge on any atom is 0.307 e. The number of rotatable bonds is 7. The number of hydrogen-bond acceptors (Lipinski definition) is 4. The summed E-state index contributed by atoms with van der Waals surface area (Å²) in [4.78, 5) is 26.1. The lowest BCUT2D eigenvalue weighted by molar-refractivity contribution is -0.139. The lowest BCUT2D eigenvalue weighted by Crippen LogP contribution is -2.40. The molecule has 1 heterocycles. The van der Waals surface area contributed by atoms with Crippen LogP contribution in [-0.2, 0) is 4.79 Å². The van der Waals surface area contributed by atoms with Crippen molar-refractivity contribution in [2.75, 3.05) is 26.8 Å². The molecular formula is C21H29NO5. The molecule has 0 bridgehead atoms. The SMILES string of the molecule is COc1ccc(C(=O)N2CCC3(CC2)CC3C(=O)O)c(OCCC(C)C)c1. The zero-order valence-electron chi connectivity index (χ0n) is 16.4. The molecule has 6 nitrogen and oxygen atoms in total. The van der Waals surface area contributed by atoms with E-state index in [1.807, 2.05) is 4.90 Å². The molecule has 1 spiro atoms. The fourth-order valence-corrected chi connectivity index (χ4v) is 3.91. The summed E-state index contributed by atoms with van der Waals surface area (Å²) in [5, 5.41) is 9.22. The van der Waals surface area contributed by atoms with Gasteiger partial charge in [0.25, 0.3) is 5.91 Å². The Bertz CT molecular complexity index is 707. The summed E-state index contributed by atoms with van der Waals surface area (Å²) in [5.41, 5.74) is 0.458. The Morgan fingerprint density at radius 3 is 2.56 bits per heavy atom. The third-order valence-corrected chi connectivity index (χ3v) is 5.91. The van der Waals surface area contributed by atoms with Crippen LogP contribution in [0.25, 0.3) is 0 Å². The van der Waals surface area contributed by atoms with E-state index < -0.39 is 5.97 Å². The van der Waals surface area contributed by atoms with Crippen LogP contribution in [0.1, 0.15) is 49.9 Å². The Morgan fingerprint density at radius 2 is 2.00 bits per heavy atom. The Morgan fingerprint density at radius 1 is 1.30 bits per heavy atom. The van der Waals surface area contributed by atoms with Crippen LogP contribution in [0.15, 0.2) is 18.2 Å². The van der Waals surface area contributed by atoms with Crippen LogP contribution in [0.4, 0.5) is 0 Å². The average molecular weight is 375 g/mol. The zero-order valence-corrected chi connectivity index (χ0v) is 16.4. The molecule has 1 atom stereocenters. The summed E-state index contributed by atoms with van der Waals surface area (Å²) >= 11 is 0. The van der Waals surface area contributed by atoms with E-state index in [2.05, 4.69) is 13.8 Å². The van der Waals surface area contributed by atoms with Gasteiger partial charge in [0.05, 0.1) is 25.2 Å². The second-order valence-electron chi connectivity index (χ2n) is 8.14. The van der Waals surface area contributed by atoms with E-state index >= 15 is 0 Å². The molecule has 0 radical (unpaired) electrons. The summed E-state index contributed by atoms with van der Waals surface area (Å²) in [5.74, 6) is 0.742.